The number of benzene rings is 3. The van der Waals surface area contributed by atoms with Gasteiger partial charge in [0.2, 0.25) is 0 Å². The van der Waals surface area contributed by atoms with Crippen LogP contribution in [-0.4, -0.2) is 34.6 Å². The largest absolute Gasteiger partial charge is 0.394 e. The first-order chi connectivity index (χ1) is 15.3. The zero-order valence-electron chi connectivity index (χ0n) is 18.3. The van der Waals surface area contributed by atoms with Gasteiger partial charge in [0, 0.05) is 5.56 Å². The summed E-state index contributed by atoms with van der Waals surface area (Å²) in [5.74, 6) is -0.00336. The Labute approximate surface area is 187 Å². The highest BCUT2D eigenvalue weighted by molar-refractivity contribution is 7.01. The van der Waals surface area contributed by atoms with Crippen LogP contribution < -0.4 is 10.4 Å². The van der Waals surface area contributed by atoms with Crippen molar-refractivity contribution in [2.24, 2.45) is 0 Å². The van der Waals surface area contributed by atoms with E-state index < -0.39 is 13.7 Å². The molecule has 4 nitrogen and oxygen atoms in total. The second-order valence-corrected chi connectivity index (χ2v) is 12.5. The molecule has 4 aromatic rings. The molecule has 164 valence electrons. The Morgan fingerprint density at radius 2 is 1.47 bits per heavy atom. The van der Waals surface area contributed by atoms with Crippen molar-refractivity contribution in [2.45, 2.75) is 26.1 Å². The van der Waals surface area contributed by atoms with Gasteiger partial charge in [-0.1, -0.05) is 58.9 Å². The van der Waals surface area contributed by atoms with Crippen LogP contribution in [0, 0.1) is 25.5 Å². The van der Waals surface area contributed by atoms with Crippen molar-refractivity contribution in [3.63, 3.8) is 0 Å². The molecule has 0 bridgehead atoms. The van der Waals surface area contributed by atoms with E-state index in [0.717, 1.165) is 27.1 Å². The molecular formula is C25H25F2N3OSi. The highest BCUT2D eigenvalue weighted by Crippen LogP contribution is 2.29. The van der Waals surface area contributed by atoms with Crippen LogP contribution in [0.25, 0.3) is 11.4 Å². The van der Waals surface area contributed by atoms with Crippen LogP contribution in [0.5, 0.6) is 0 Å². The molecule has 1 aromatic heterocycles. The van der Waals surface area contributed by atoms with Crippen LogP contribution in [0.2, 0.25) is 6.55 Å². The normalized spacial score (nSPS) is 12.7. The second kappa shape index (κ2) is 8.76. The van der Waals surface area contributed by atoms with E-state index in [0.29, 0.717) is 5.82 Å². The van der Waals surface area contributed by atoms with Crippen LogP contribution in [0.4, 0.5) is 8.78 Å². The summed E-state index contributed by atoms with van der Waals surface area (Å²) in [4.78, 5) is 4.53. The molecule has 0 saturated carbocycles. The standard InChI is InChI=1S/C25H25F2N3OSi/c1-17-4-5-18(2)23(14-17)25-28-16-29-30(25)24(15-31)32(3,21-10-6-19(26)7-11-21)22-12-8-20(27)9-13-22/h4-14,16,24,31H,15H2,1-3H3. The maximum absolute atomic E-state index is 13.7. The third kappa shape index (κ3) is 3.89. The second-order valence-electron chi connectivity index (χ2n) is 8.26. The van der Waals surface area contributed by atoms with Crippen molar-refractivity contribution in [1.82, 2.24) is 14.8 Å². The molecule has 1 N–H and O–H groups in total. The van der Waals surface area contributed by atoms with Gasteiger partial charge in [0.1, 0.15) is 26.0 Å². The quantitative estimate of drug-likeness (QED) is 0.456. The summed E-state index contributed by atoms with van der Waals surface area (Å²) in [5, 5.41) is 17.0. The number of rotatable bonds is 6. The van der Waals surface area contributed by atoms with Gasteiger partial charge in [0.25, 0.3) is 0 Å². The minimum Gasteiger partial charge on any atom is -0.394 e. The molecule has 4 rings (SSSR count). The summed E-state index contributed by atoms with van der Waals surface area (Å²) in [6, 6.07) is 18.8. The molecule has 1 unspecified atom stereocenters. The van der Waals surface area contributed by atoms with Crippen LogP contribution in [0.15, 0.2) is 73.1 Å². The summed E-state index contributed by atoms with van der Waals surface area (Å²) in [6.45, 7) is 5.92. The van der Waals surface area contributed by atoms with Gasteiger partial charge in [-0.25, -0.2) is 18.4 Å². The lowest BCUT2D eigenvalue weighted by Gasteiger charge is -2.36. The predicted molar refractivity (Wildman–Crippen MR) is 125 cm³/mol. The lowest BCUT2D eigenvalue weighted by atomic mass is 10.1. The van der Waals surface area contributed by atoms with Crippen molar-refractivity contribution in [2.75, 3.05) is 6.61 Å². The number of aliphatic hydroxyl groups excluding tert-OH is 1. The van der Waals surface area contributed by atoms with E-state index in [1.54, 1.807) is 28.9 Å². The van der Waals surface area contributed by atoms with Gasteiger partial charge >= 0.3 is 0 Å². The molecule has 0 radical (unpaired) electrons. The molecule has 32 heavy (non-hydrogen) atoms. The Balaban J connectivity index is 1.93. The Morgan fingerprint density at radius 1 is 0.906 bits per heavy atom. The molecule has 3 aromatic carbocycles. The summed E-state index contributed by atoms with van der Waals surface area (Å²) in [6.07, 6.45) is 1.49. The van der Waals surface area contributed by atoms with Crippen molar-refractivity contribution < 1.29 is 13.9 Å². The zero-order valence-corrected chi connectivity index (χ0v) is 19.3. The molecule has 0 aliphatic rings. The zero-order chi connectivity index (χ0) is 22.9. The van der Waals surface area contributed by atoms with E-state index in [1.807, 2.05) is 26.0 Å². The number of nitrogens with zero attached hydrogens (tertiary/aromatic N) is 3. The molecule has 0 aliphatic heterocycles. The number of hydrogen-bond acceptors (Lipinski definition) is 3. The van der Waals surface area contributed by atoms with E-state index in [4.69, 9.17) is 0 Å². The fourth-order valence-corrected chi connectivity index (χ4v) is 8.16. The average Bonchev–Trinajstić information content (AvgIpc) is 3.25. The van der Waals surface area contributed by atoms with Gasteiger partial charge in [-0.15, -0.1) is 0 Å². The van der Waals surface area contributed by atoms with Crippen molar-refractivity contribution in [3.8, 4) is 11.4 Å². The average molecular weight is 450 g/mol. The summed E-state index contributed by atoms with van der Waals surface area (Å²) >= 11 is 0. The van der Waals surface area contributed by atoms with E-state index in [2.05, 4.69) is 22.7 Å². The van der Waals surface area contributed by atoms with Crippen LogP contribution in [0.1, 0.15) is 16.8 Å². The Kier molecular flexibility index (Phi) is 6.04. The fraction of sp³-hybridized carbons (Fsp3) is 0.200. The lowest BCUT2D eigenvalue weighted by molar-refractivity contribution is 0.257. The molecule has 1 atom stereocenters. The third-order valence-corrected chi connectivity index (χ3v) is 11.1. The van der Waals surface area contributed by atoms with Gasteiger partial charge in [-0.05, 0) is 49.7 Å². The minimum atomic E-state index is -2.80. The minimum absolute atomic E-state index is 0.196. The Morgan fingerprint density at radius 3 is 2.00 bits per heavy atom. The first-order valence-electron chi connectivity index (χ1n) is 10.4. The number of aromatic nitrogens is 3. The molecule has 0 amide bonds. The van der Waals surface area contributed by atoms with Crippen molar-refractivity contribution >= 4 is 18.4 Å². The highest BCUT2D eigenvalue weighted by Gasteiger charge is 2.43. The molecular weight excluding hydrogens is 424 g/mol. The topological polar surface area (TPSA) is 50.9 Å². The smallest absolute Gasteiger partial charge is 0.158 e. The van der Waals surface area contributed by atoms with Gasteiger partial charge in [-0.2, -0.15) is 5.10 Å². The number of halogens is 2. The van der Waals surface area contributed by atoms with E-state index in [-0.39, 0.29) is 18.2 Å². The SMILES string of the molecule is Cc1ccc(C)c(-c2ncnn2C(CO)[Si](C)(c2ccc(F)cc2)c2ccc(F)cc2)c1. The lowest BCUT2D eigenvalue weighted by Crippen LogP contribution is -2.63. The van der Waals surface area contributed by atoms with Gasteiger partial charge < -0.3 is 5.11 Å². The predicted octanol–water partition coefficient (Wildman–Crippen LogP) is 3.81. The maximum atomic E-state index is 13.7. The molecule has 1 heterocycles. The van der Waals surface area contributed by atoms with Crippen LogP contribution >= 0.6 is 0 Å². The van der Waals surface area contributed by atoms with Gasteiger partial charge in [-0.3, -0.25) is 0 Å². The first-order valence-corrected chi connectivity index (χ1v) is 13.0. The van der Waals surface area contributed by atoms with Crippen molar-refractivity contribution in [3.05, 3.63) is 95.8 Å². The number of aliphatic hydroxyl groups is 1. The van der Waals surface area contributed by atoms with Crippen molar-refractivity contribution in [1.29, 1.82) is 0 Å². The van der Waals surface area contributed by atoms with Crippen LogP contribution in [0.3, 0.4) is 0 Å². The maximum Gasteiger partial charge on any atom is 0.158 e. The van der Waals surface area contributed by atoms with E-state index in [9.17, 15) is 13.9 Å². The molecule has 0 fully saturated rings. The molecule has 0 saturated heterocycles. The number of aryl methyl sites for hydroxylation is 2. The Bertz CT molecular complexity index is 1180. The molecule has 0 aliphatic carbocycles. The Hall–Kier alpha value is -3.16. The van der Waals surface area contributed by atoms with Gasteiger partial charge in [0.05, 0.1) is 12.3 Å². The summed E-state index contributed by atoms with van der Waals surface area (Å²) < 4.78 is 29.3. The van der Waals surface area contributed by atoms with E-state index >= 15 is 0 Å². The monoisotopic (exact) mass is 449 g/mol. The molecule has 0 spiro atoms. The summed E-state index contributed by atoms with van der Waals surface area (Å²) in [5.41, 5.74) is 2.64. The first kappa shape index (κ1) is 22.0. The number of hydrogen-bond donors (Lipinski definition) is 1. The summed E-state index contributed by atoms with van der Waals surface area (Å²) in [7, 11) is -2.80. The van der Waals surface area contributed by atoms with Crippen LogP contribution in [-0.2, 0) is 0 Å². The highest BCUT2D eigenvalue weighted by atomic mass is 28.3. The molecule has 7 heteroatoms. The fourth-order valence-electron chi connectivity index (χ4n) is 4.30. The van der Waals surface area contributed by atoms with E-state index in [1.165, 1.54) is 30.6 Å². The third-order valence-electron chi connectivity index (χ3n) is 6.23. The van der Waals surface area contributed by atoms with Gasteiger partial charge in [0.15, 0.2) is 5.82 Å².